The molecule has 0 saturated heterocycles. The van der Waals surface area contributed by atoms with Crippen LogP contribution in [0.15, 0.2) is 78.2 Å². The van der Waals surface area contributed by atoms with Crippen molar-refractivity contribution >= 4 is 16.7 Å². The van der Waals surface area contributed by atoms with E-state index in [1.807, 2.05) is 57.2 Å². The topological polar surface area (TPSA) is 38.8 Å². The van der Waals surface area contributed by atoms with Crippen LogP contribution in [0.1, 0.15) is 81.3 Å². The molecule has 0 saturated carbocycles. The highest BCUT2D eigenvalue weighted by molar-refractivity contribution is 7.82. The average Bonchev–Trinajstić information content (AvgIpc) is 2.97. The maximum atomic E-state index is 14.2. The van der Waals surface area contributed by atoms with E-state index in [2.05, 4.69) is 74.8 Å². The number of methoxy groups -OCH3 is 1. The largest absolute Gasteiger partial charge is 0.497 e. The fourth-order valence-electron chi connectivity index (χ4n) is 4.79. The molecule has 2 unspecified atom stereocenters. The van der Waals surface area contributed by atoms with Gasteiger partial charge in [0.2, 0.25) is 0 Å². The van der Waals surface area contributed by atoms with E-state index in [-0.39, 0.29) is 6.04 Å². The Morgan fingerprint density at radius 2 is 1.73 bits per heavy atom. The first-order chi connectivity index (χ1) is 19.2. The van der Waals surface area contributed by atoms with Gasteiger partial charge in [-0.2, -0.15) is 0 Å². The van der Waals surface area contributed by atoms with Crippen LogP contribution in [0.5, 0.6) is 5.75 Å². The molecule has 5 heteroatoms. The van der Waals surface area contributed by atoms with Gasteiger partial charge in [-0.15, -0.1) is 12.8 Å². The molecule has 0 bridgehead atoms. The van der Waals surface area contributed by atoms with E-state index < -0.39 is 16.6 Å². The van der Waals surface area contributed by atoms with Gasteiger partial charge in [0.1, 0.15) is 28.1 Å². The van der Waals surface area contributed by atoms with Crippen molar-refractivity contribution in [2.45, 2.75) is 83.9 Å². The Labute approximate surface area is 245 Å². The summed E-state index contributed by atoms with van der Waals surface area (Å²) < 4.78 is 28.1. The highest BCUT2D eigenvalue weighted by atomic mass is 32.2. The maximum absolute atomic E-state index is 14.2. The van der Waals surface area contributed by atoms with Gasteiger partial charge in [0.05, 0.1) is 18.0 Å². The third kappa shape index (κ3) is 8.34. The van der Waals surface area contributed by atoms with Crippen LogP contribution >= 0.6 is 0 Å². The van der Waals surface area contributed by atoms with Crippen molar-refractivity contribution in [3.8, 4) is 18.6 Å². The van der Waals surface area contributed by atoms with Gasteiger partial charge in [0, 0.05) is 24.1 Å². The normalized spacial score (nSPS) is 15.7. The summed E-state index contributed by atoms with van der Waals surface area (Å²) in [7, 11) is 0.251. The monoisotopic (exact) mass is 559 g/mol. The first-order valence-electron chi connectivity index (χ1n) is 13.9. The molecule has 0 aliphatic carbocycles. The molecule has 0 fully saturated rings. The van der Waals surface area contributed by atoms with E-state index in [1.54, 1.807) is 7.11 Å². The molecule has 4 rings (SSSR count). The molecule has 0 amide bonds. The molecule has 0 aromatic heterocycles. The highest BCUT2D eigenvalue weighted by Crippen LogP contribution is 2.45. The first kappa shape index (κ1) is 32.9. The average molecular weight is 560 g/mol. The molecule has 40 heavy (non-hydrogen) atoms. The Hall–Kier alpha value is -3.33. The van der Waals surface area contributed by atoms with Crippen LogP contribution in [0.3, 0.4) is 0 Å². The minimum atomic E-state index is -1.37. The van der Waals surface area contributed by atoms with Gasteiger partial charge in [-0.3, -0.25) is 0 Å². The van der Waals surface area contributed by atoms with Gasteiger partial charge in [0.15, 0.2) is 0 Å². The fourth-order valence-corrected chi connectivity index (χ4v) is 6.23. The molecule has 0 N–H and O–H groups in total. The molecule has 3 aromatic rings. The number of benzene rings is 3. The summed E-state index contributed by atoms with van der Waals surface area (Å²) in [4.78, 5) is 0.806. The lowest BCUT2D eigenvalue weighted by molar-refractivity contribution is 0.0500. The molecule has 2 atom stereocenters. The van der Waals surface area contributed by atoms with Crippen molar-refractivity contribution in [2.24, 2.45) is 0 Å². The van der Waals surface area contributed by atoms with Gasteiger partial charge >= 0.3 is 0 Å². The molecule has 1 aliphatic rings. The Kier molecular flexibility index (Phi) is 12.7. The van der Waals surface area contributed by atoms with Crippen LogP contribution in [0.4, 0.5) is 0 Å². The van der Waals surface area contributed by atoms with Crippen molar-refractivity contribution in [3.63, 3.8) is 0 Å². The summed E-state index contributed by atoms with van der Waals surface area (Å²) in [5.41, 5.74) is 5.06. The van der Waals surface area contributed by atoms with E-state index >= 15 is 0 Å². The third-order valence-corrected chi connectivity index (χ3v) is 8.13. The van der Waals surface area contributed by atoms with Crippen LogP contribution in [-0.2, 0) is 28.7 Å². The lowest BCUT2D eigenvalue weighted by Crippen LogP contribution is -2.42. The van der Waals surface area contributed by atoms with Crippen molar-refractivity contribution in [1.82, 2.24) is 4.31 Å². The molecule has 1 heterocycles. The Balaban J connectivity index is 0.00000134. The molecule has 0 spiro atoms. The summed E-state index contributed by atoms with van der Waals surface area (Å²) in [5.74, 6) is 1.41. The molecule has 0 radical (unpaired) electrons. The second kappa shape index (κ2) is 15.5. The number of hydrogen-bond acceptors (Lipinski definition) is 3. The van der Waals surface area contributed by atoms with Gasteiger partial charge in [-0.1, -0.05) is 70.2 Å². The summed E-state index contributed by atoms with van der Waals surface area (Å²) in [5, 5.41) is 0. The highest BCUT2D eigenvalue weighted by Gasteiger charge is 2.39. The van der Waals surface area contributed by atoms with Crippen LogP contribution in [-0.4, -0.2) is 21.2 Å². The first-order valence-corrected chi connectivity index (χ1v) is 15.0. The molecule has 214 valence electrons. The summed E-state index contributed by atoms with van der Waals surface area (Å²) >= 11 is 0. The molecular weight excluding hydrogens is 514 g/mol. The molecule has 4 nitrogen and oxygen atoms in total. The number of terminal acetylenes is 1. The van der Waals surface area contributed by atoms with E-state index in [1.165, 1.54) is 5.56 Å². The van der Waals surface area contributed by atoms with Crippen molar-refractivity contribution in [1.29, 1.82) is 0 Å². The van der Waals surface area contributed by atoms with Crippen LogP contribution in [0.25, 0.3) is 5.76 Å². The van der Waals surface area contributed by atoms with E-state index in [9.17, 15) is 4.21 Å². The maximum Gasteiger partial charge on any atom is 0.128 e. The lowest BCUT2D eigenvalue weighted by Gasteiger charge is -2.42. The van der Waals surface area contributed by atoms with Crippen LogP contribution in [0, 0.1) is 19.8 Å². The minimum Gasteiger partial charge on any atom is -0.497 e. The summed E-state index contributed by atoms with van der Waals surface area (Å²) in [6.07, 6.45) is 10.9. The number of ether oxygens (including phenoxy) is 2. The van der Waals surface area contributed by atoms with Gasteiger partial charge in [-0.25, -0.2) is 8.51 Å². The Morgan fingerprint density at radius 1 is 1.07 bits per heavy atom. The van der Waals surface area contributed by atoms with E-state index in [0.717, 1.165) is 45.7 Å². The smallest absolute Gasteiger partial charge is 0.128 e. The number of fused-ring (bicyclic) bond motifs is 1. The minimum absolute atomic E-state index is 0.120. The molecular formula is C35H45NO3S. The van der Waals surface area contributed by atoms with E-state index in [0.29, 0.717) is 18.7 Å². The number of nitrogens with zero attached hydrogens (tertiary/aromatic N) is 1. The zero-order valence-electron chi connectivity index (χ0n) is 25.2. The number of hydrogen-bond donors (Lipinski definition) is 0. The SMILES string of the molecule is C#C.C=C(OC)c1ccc2c(c1)C(N(Cc1ccc(CCC)cc1)S(=O)c1cccc(C)c1)CC(C)(C)O2.CC. The van der Waals surface area contributed by atoms with Gasteiger partial charge in [0.25, 0.3) is 0 Å². The zero-order chi connectivity index (χ0) is 29.9. The lowest BCUT2D eigenvalue weighted by atomic mass is 9.88. The predicted molar refractivity (Wildman–Crippen MR) is 169 cm³/mol. The number of rotatable bonds is 9. The number of aryl methyl sites for hydroxylation is 2. The molecule has 1 aliphatic heterocycles. The molecule has 3 aromatic carbocycles. The van der Waals surface area contributed by atoms with Crippen molar-refractivity contribution in [2.75, 3.05) is 7.11 Å². The van der Waals surface area contributed by atoms with Gasteiger partial charge < -0.3 is 9.47 Å². The quantitative estimate of drug-likeness (QED) is 0.194. The third-order valence-electron chi connectivity index (χ3n) is 6.66. The zero-order valence-corrected chi connectivity index (χ0v) is 26.0. The van der Waals surface area contributed by atoms with Crippen LogP contribution < -0.4 is 4.74 Å². The Bertz CT molecular complexity index is 1290. The standard InChI is InChI=1S/C31H37NO3S.C2H6.C2H2/c1-7-9-24-12-14-25(15-13-24)21-32(36(33)27-11-8-10-22(2)18-27)29-20-31(4,5)35-30-17-16-26(19-28(29)30)23(3)34-6;2*1-2/h8,10-19,29H,3,7,9,20-21H2,1-2,4-6H3;1-2H3;1-2H. The van der Waals surface area contributed by atoms with Crippen LogP contribution in [0.2, 0.25) is 0 Å². The summed E-state index contributed by atoms with van der Waals surface area (Å²) in [6, 6.07) is 22.6. The fraction of sp³-hybridized carbons (Fsp3) is 0.371. The van der Waals surface area contributed by atoms with E-state index in [4.69, 9.17) is 9.47 Å². The Morgan fingerprint density at radius 3 is 2.33 bits per heavy atom. The van der Waals surface area contributed by atoms with Gasteiger partial charge in [-0.05, 0) is 74.2 Å². The van der Waals surface area contributed by atoms with Crippen molar-refractivity contribution in [3.05, 3.63) is 101 Å². The van der Waals surface area contributed by atoms with Crippen molar-refractivity contribution < 1.29 is 13.7 Å². The second-order valence-corrected chi connectivity index (χ2v) is 11.6. The summed E-state index contributed by atoms with van der Waals surface area (Å²) in [6.45, 7) is 17.0. The second-order valence-electron chi connectivity index (χ2n) is 10.2. The predicted octanol–water partition coefficient (Wildman–Crippen LogP) is 8.67.